The van der Waals surface area contributed by atoms with Gasteiger partial charge in [0.1, 0.15) is 0 Å². The molecule has 0 radical (unpaired) electrons. The Hall–Kier alpha value is 0.920. The van der Waals surface area contributed by atoms with Crippen LogP contribution in [0.15, 0.2) is 0 Å². The van der Waals surface area contributed by atoms with Gasteiger partial charge >= 0.3 is 29.6 Å². The van der Waals surface area contributed by atoms with Crippen molar-refractivity contribution >= 4 is 0 Å². The van der Waals surface area contributed by atoms with E-state index in [1.54, 1.807) is 0 Å². The van der Waals surface area contributed by atoms with E-state index in [0.29, 0.717) is 6.61 Å². The van der Waals surface area contributed by atoms with Gasteiger partial charge in [0.2, 0.25) is 0 Å². The summed E-state index contributed by atoms with van der Waals surface area (Å²) in [5, 5.41) is 17.6. The average molecular weight is 170 g/mol. The number of unbranched alkanes of at least 4 members (excludes halogenated alkanes) is 2. The van der Waals surface area contributed by atoms with E-state index in [4.69, 9.17) is 5.11 Å². The van der Waals surface area contributed by atoms with E-state index in [9.17, 15) is 5.11 Å². The molecule has 0 fully saturated rings. The van der Waals surface area contributed by atoms with Crippen LogP contribution in [0.3, 0.4) is 0 Å². The maximum Gasteiger partial charge on any atom is 1.00 e. The molecule has 0 heterocycles. The Morgan fingerprint density at radius 1 is 1.09 bits per heavy atom. The summed E-state index contributed by atoms with van der Waals surface area (Å²) in [6, 6.07) is 0. The van der Waals surface area contributed by atoms with E-state index >= 15 is 0 Å². The van der Waals surface area contributed by atoms with Crippen LogP contribution in [0.2, 0.25) is 0 Å². The third-order valence-corrected chi connectivity index (χ3v) is 1.01. The molecule has 0 spiro atoms. The van der Waals surface area contributed by atoms with Crippen LogP contribution in [-0.4, -0.2) is 18.3 Å². The van der Waals surface area contributed by atoms with Crippen molar-refractivity contribution in [2.45, 2.75) is 39.5 Å². The topological polar surface area (TPSA) is 43.3 Å². The Balaban J connectivity index is -0.000000107. The Morgan fingerprint density at radius 3 is 1.55 bits per heavy atom. The molecule has 0 aromatic rings. The van der Waals surface area contributed by atoms with Gasteiger partial charge in [0.25, 0.3) is 0 Å². The minimum absolute atomic E-state index is 0. The van der Waals surface area contributed by atoms with Gasteiger partial charge in [-0.3, -0.25) is 0 Å². The fraction of sp³-hybridized carbons (Fsp3) is 1.00. The van der Waals surface area contributed by atoms with E-state index in [1.165, 1.54) is 0 Å². The van der Waals surface area contributed by atoms with Crippen molar-refractivity contribution in [1.29, 1.82) is 0 Å². The van der Waals surface area contributed by atoms with Crippen LogP contribution in [0, 0.1) is 0 Å². The van der Waals surface area contributed by atoms with Crippen LogP contribution in [0.1, 0.15) is 39.5 Å². The van der Waals surface area contributed by atoms with Gasteiger partial charge in [-0.1, -0.05) is 33.1 Å². The summed E-state index contributed by atoms with van der Waals surface area (Å²) in [7, 11) is 0. The van der Waals surface area contributed by atoms with Gasteiger partial charge in [0.05, 0.1) is 0 Å². The van der Waals surface area contributed by atoms with E-state index in [1.807, 2.05) is 6.92 Å². The number of aliphatic hydroxyl groups is 1. The third kappa shape index (κ3) is 35.9. The Bertz CT molecular complexity index is 33.1. The summed E-state index contributed by atoms with van der Waals surface area (Å²) in [6.07, 6.45) is 3.90. The number of aliphatic hydroxyl groups excluding tert-OH is 1. The van der Waals surface area contributed by atoms with Crippen molar-refractivity contribution in [3.63, 3.8) is 0 Å². The molecule has 0 amide bonds. The molecule has 3 heteroatoms. The monoisotopic (exact) mass is 170 g/mol. The van der Waals surface area contributed by atoms with Crippen LogP contribution < -0.4 is 34.7 Å². The third-order valence-electron chi connectivity index (χ3n) is 1.01. The molecule has 0 aliphatic rings. The van der Waals surface area contributed by atoms with Crippen molar-refractivity contribution in [1.82, 2.24) is 0 Å². The molecular weight excluding hydrogens is 151 g/mol. The zero-order valence-electron chi connectivity index (χ0n) is 8.10. The van der Waals surface area contributed by atoms with Gasteiger partial charge in [-0.15, -0.1) is 6.61 Å². The second-order valence-electron chi connectivity index (χ2n) is 2.13. The van der Waals surface area contributed by atoms with Crippen LogP contribution >= 0.6 is 0 Å². The fourth-order valence-corrected chi connectivity index (χ4v) is 0.302. The first-order valence-electron chi connectivity index (χ1n) is 4.02. The van der Waals surface area contributed by atoms with Gasteiger partial charge in [0, 0.05) is 6.61 Å². The van der Waals surface area contributed by atoms with Crippen molar-refractivity contribution in [3.05, 3.63) is 0 Å². The molecule has 1 N–H and O–H groups in total. The van der Waals surface area contributed by atoms with E-state index in [0.717, 1.165) is 25.7 Å². The zero-order valence-corrected chi connectivity index (χ0v) is 10.1. The molecule has 0 aliphatic heterocycles. The molecule has 2 nitrogen and oxygen atoms in total. The zero-order chi connectivity index (χ0) is 8.24. The Morgan fingerprint density at radius 2 is 1.55 bits per heavy atom. The van der Waals surface area contributed by atoms with Gasteiger partial charge in [-0.2, -0.15) is 0 Å². The van der Waals surface area contributed by atoms with Gasteiger partial charge in [-0.05, 0) is 6.42 Å². The summed E-state index contributed by atoms with van der Waals surface area (Å²) in [5.74, 6) is 0. The first kappa shape index (κ1) is 17.9. The SMILES string of the molecule is CCCCO.CCCC[O-].[Na+]. The van der Waals surface area contributed by atoms with Crippen molar-refractivity contribution in [2.24, 2.45) is 0 Å². The molecule has 0 unspecified atom stereocenters. The molecule has 0 bridgehead atoms. The second-order valence-corrected chi connectivity index (χ2v) is 2.13. The molecule has 11 heavy (non-hydrogen) atoms. The predicted molar refractivity (Wildman–Crippen MR) is 41.8 cm³/mol. The molecular formula is C8H19NaO2. The normalized spacial score (nSPS) is 7.64. The summed E-state index contributed by atoms with van der Waals surface area (Å²) in [5.41, 5.74) is 0. The smallest absolute Gasteiger partial charge is 0.854 e. The minimum Gasteiger partial charge on any atom is -0.854 e. The van der Waals surface area contributed by atoms with Crippen LogP contribution in [0.5, 0.6) is 0 Å². The van der Waals surface area contributed by atoms with Crippen LogP contribution in [0.4, 0.5) is 0 Å². The van der Waals surface area contributed by atoms with E-state index < -0.39 is 0 Å². The van der Waals surface area contributed by atoms with Gasteiger partial charge in [-0.25, -0.2) is 0 Å². The molecule has 0 aromatic carbocycles. The number of rotatable bonds is 4. The predicted octanol–water partition coefficient (Wildman–Crippen LogP) is -2.07. The Kier molecular flexibility index (Phi) is 36.4. The average Bonchev–Trinajstić information content (AvgIpc) is 1.93. The number of hydrogen-bond acceptors (Lipinski definition) is 2. The summed E-state index contributed by atoms with van der Waals surface area (Å²) < 4.78 is 0. The van der Waals surface area contributed by atoms with Crippen molar-refractivity contribution < 1.29 is 39.8 Å². The minimum atomic E-state index is 0. The molecule has 0 saturated heterocycles. The summed E-state index contributed by atoms with van der Waals surface area (Å²) in [6.45, 7) is 4.50. The van der Waals surface area contributed by atoms with E-state index in [2.05, 4.69) is 6.92 Å². The Labute approximate surface area is 92.3 Å². The van der Waals surface area contributed by atoms with E-state index in [-0.39, 0.29) is 36.2 Å². The molecule has 0 saturated carbocycles. The standard InChI is InChI=1S/C4H10O.C4H9O.Na/c2*1-2-3-4-5;/h5H,2-4H2,1H3;2-4H2,1H3;/q;-1;+1. The molecule has 0 atom stereocenters. The molecule has 0 aliphatic carbocycles. The maximum atomic E-state index is 9.53. The van der Waals surface area contributed by atoms with Crippen LogP contribution in [0.25, 0.3) is 0 Å². The van der Waals surface area contributed by atoms with Gasteiger partial charge in [0.15, 0.2) is 0 Å². The molecule has 64 valence electrons. The quantitative estimate of drug-likeness (QED) is 0.493. The maximum absolute atomic E-state index is 9.53. The summed E-state index contributed by atoms with van der Waals surface area (Å²) >= 11 is 0. The number of hydrogen-bond donors (Lipinski definition) is 1. The second kappa shape index (κ2) is 22.4. The first-order chi connectivity index (χ1) is 4.83. The largest absolute Gasteiger partial charge is 1.00 e. The van der Waals surface area contributed by atoms with Crippen molar-refractivity contribution in [2.75, 3.05) is 13.2 Å². The van der Waals surface area contributed by atoms with Crippen molar-refractivity contribution in [3.8, 4) is 0 Å². The van der Waals surface area contributed by atoms with Gasteiger partial charge < -0.3 is 10.2 Å². The fourth-order valence-electron chi connectivity index (χ4n) is 0.302. The first-order valence-corrected chi connectivity index (χ1v) is 4.02. The van der Waals surface area contributed by atoms with Crippen LogP contribution in [-0.2, 0) is 0 Å². The molecule has 0 aromatic heterocycles. The molecule has 0 rings (SSSR count). The summed E-state index contributed by atoms with van der Waals surface area (Å²) in [4.78, 5) is 0.